The average molecular weight is 547 g/mol. The number of halogens is 1. The number of imide groups is 1. The lowest BCUT2D eigenvalue weighted by Gasteiger charge is -2.38. The highest BCUT2D eigenvalue weighted by atomic mass is 79.9. The van der Waals surface area contributed by atoms with E-state index in [1.807, 2.05) is 22.9 Å². The third kappa shape index (κ3) is 6.63. The smallest absolute Gasteiger partial charge is 0.419 e. The van der Waals surface area contributed by atoms with Crippen LogP contribution < -0.4 is 0 Å². The molecule has 190 valence electrons. The number of amides is 2. The van der Waals surface area contributed by atoms with Crippen molar-refractivity contribution in [3.05, 3.63) is 34.7 Å². The van der Waals surface area contributed by atoms with Gasteiger partial charge < -0.3 is 9.47 Å². The summed E-state index contributed by atoms with van der Waals surface area (Å²) in [7, 11) is 0. The molecule has 2 aliphatic rings. The standard InChI is InChI=1S/C26H35BrN4O4/c1-25(2,3)34-23(32)30(24(33)35-26(4,5)6)14-16-12-18(13-16)31-15-19(22(29-31)17-10-11-17)20-8-7-9-21(27)28-20/h7-9,15-18H,10-14H2,1-6H3. The van der Waals surface area contributed by atoms with Crippen LogP contribution in [-0.4, -0.2) is 49.6 Å². The van der Waals surface area contributed by atoms with Crippen molar-refractivity contribution in [2.45, 2.75) is 90.4 Å². The maximum absolute atomic E-state index is 12.8. The molecule has 0 atom stereocenters. The second-order valence-corrected chi connectivity index (χ2v) is 12.4. The van der Waals surface area contributed by atoms with Gasteiger partial charge in [0.15, 0.2) is 0 Å². The van der Waals surface area contributed by atoms with Gasteiger partial charge in [0.1, 0.15) is 15.8 Å². The molecule has 0 saturated heterocycles. The summed E-state index contributed by atoms with van der Waals surface area (Å²) < 4.78 is 13.8. The summed E-state index contributed by atoms with van der Waals surface area (Å²) >= 11 is 3.47. The quantitative estimate of drug-likeness (QED) is 0.387. The first-order valence-electron chi connectivity index (χ1n) is 12.2. The summed E-state index contributed by atoms with van der Waals surface area (Å²) in [5.41, 5.74) is 1.71. The minimum absolute atomic E-state index is 0.154. The summed E-state index contributed by atoms with van der Waals surface area (Å²) in [5.74, 6) is 0.652. The van der Waals surface area contributed by atoms with Gasteiger partial charge in [-0.3, -0.25) is 4.68 Å². The number of hydrogen-bond donors (Lipinski definition) is 0. The molecule has 0 unspecified atom stereocenters. The lowest BCUT2D eigenvalue weighted by molar-refractivity contribution is -0.00641. The molecule has 2 aromatic heterocycles. The number of carbonyl (C=O) groups excluding carboxylic acids is 2. The molecule has 4 rings (SSSR count). The van der Waals surface area contributed by atoms with E-state index in [1.54, 1.807) is 41.5 Å². The molecule has 35 heavy (non-hydrogen) atoms. The number of hydrogen-bond acceptors (Lipinski definition) is 6. The van der Waals surface area contributed by atoms with E-state index in [0.717, 1.165) is 52.1 Å². The van der Waals surface area contributed by atoms with E-state index >= 15 is 0 Å². The number of nitrogens with zero attached hydrogens (tertiary/aromatic N) is 4. The van der Waals surface area contributed by atoms with E-state index in [0.29, 0.717) is 5.92 Å². The fraction of sp³-hybridized carbons (Fsp3) is 0.615. The first-order valence-corrected chi connectivity index (χ1v) is 13.0. The Morgan fingerprint density at radius 3 is 2.17 bits per heavy atom. The number of aromatic nitrogens is 3. The van der Waals surface area contributed by atoms with Crippen molar-refractivity contribution < 1.29 is 19.1 Å². The molecule has 2 fully saturated rings. The zero-order valence-electron chi connectivity index (χ0n) is 21.4. The van der Waals surface area contributed by atoms with E-state index in [-0.39, 0.29) is 18.5 Å². The van der Waals surface area contributed by atoms with Gasteiger partial charge >= 0.3 is 12.2 Å². The van der Waals surface area contributed by atoms with Crippen LogP contribution >= 0.6 is 15.9 Å². The summed E-state index contributed by atoms with van der Waals surface area (Å²) in [5, 5.41) is 4.95. The molecule has 2 heterocycles. The van der Waals surface area contributed by atoms with Crippen LogP contribution in [0, 0.1) is 5.92 Å². The van der Waals surface area contributed by atoms with Gasteiger partial charge in [-0.2, -0.15) is 5.10 Å². The Morgan fingerprint density at radius 1 is 1.06 bits per heavy atom. The Labute approximate surface area is 215 Å². The molecule has 0 aromatic carbocycles. The zero-order valence-corrected chi connectivity index (χ0v) is 23.0. The van der Waals surface area contributed by atoms with Crippen LogP contribution in [0.25, 0.3) is 11.3 Å². The largest absolute Gasteiger partial charge is 0.443 e. The molecule has 2 aromatic rings. The Morgan fingerprint density at radius 2 is 1.66 bits per heavy atom. The number of pyridine rings is 1. The molecule has 0 spiro atoms. The van der Waals surface area contributed by atoms with Crippen LogP contribution in [0.2, 0.25) is 0 Å². The van der Waals surface area contributed by atoms with Crippen LogP contribution in [0.4, 0.5) is 9.59 Å². The lowest BCUT2D eigenvalue weighted by atomic mass is 9.80. The number of ether oxygens (including phenoxy) is 2. The normalized spacial score (nSPS) is 20.2. The van der Waals surface area contributed by atoms with Crippen molar-refractivity contribution in [3.63, 3.8) is 0 Å². The Kier molecular flexibility index (Phi) is 7.01. The van der Waals surface area contributed by atoms with E-state index in [2.05, 4.69) is 27.1 Å². The molecule has 2 amide bonds. The molecule has 0 bridgehead atoms. The fourth-order valence-electron chi connectivity index (χ4n) is 4.19. The second-order valence-electron chi connectivity index (χ2n) is 11.6. The first kappa shape index (κ1) is 25.7. The van der Waals surface area contributed by atoms with Crippen molar-refractivity contribution >= 4 is 28.1 Å². The number of carbonyl (C=O) groups is 2. The van der Waals surface area contributed by atoms with E-state index in [4.69, 9.17) is 14.6 Å². The van der Waals surface area contributed by atoms with Gasteiger partial charge in [-0.15, -0.1) is 0 Å². The van der Waals surface area contributed by atoms with Gasteiger partial charge in [0, 0.05) is 24.2 Å². The lowest BCUT2D eigenvalue weighted by Crippen LogP contribution is -2.47. The van der Waals surface area contributed by atoms with Crippen molar-refractivity contribution in [1.29, 1.82) is 0 Å². The zero-order chi connectivity index (χ0) is 25.5. The summed E-state index contributed by atoms with van der Waals surface area (Å²) in [6.45, 7) is 11.0. The molecule has 0 aliphatic heterocycles. The molecule has 0 N–H and O–H groups in total. The molecule has 2 saturated carbocycles. The van der Waals surface area contributed by atoms with Crippen LogP contribution in [-0.2, 0) is 9.47 Å². The maximum atomic E-state index is 12.8. The topological polar surface area (TPSA) is 86.5 Å². The predicted octanol–water partition coefficient (Wildman–Crippen LogP) is 6.71. The van der Waals surface area contributed by atoms with E-state index < -0.39 is 23.4 Å². The van der Waals surface area contributed by atoms with Gasteiger partial charge in [-0.05, 0) is 101 Å². The Bertz CT molecular complexity index is 1060. The van der Waals surface area contributed by atoms with Crippen LogP contribution in [0.1, 0.15) is 84.9 Å². The second kappa shape index (κ2) is 9.56. The van der Waals surface area contributed by atoms with E-state index in [9.17, 15) is 9.59 Å². The Hall–Kier alpha value is -2.42. The third-order valence-corrected chi connectivity index (χ3v) is 6.41. The number of rotatable bonds is 5. The Balaban J connectivity index is 1.45. The van der Waals surface area contributed by atoms with Gasteiger partial charge in [0.2, 0.25) is 0 Å². The van der Waals surface area contributed by atoms with Crippen molar-refractivity contribution in [2.24, 2.45) is 5.92 Å². The highest BCUT2D eigenvalue weighted by molar-refractivity contribution is 9.10. The van der Waals surface area contributed by atoms with Crippen LogP contribution in [0.5, 0.6) is 0 Å². The summed E-state index contributed by atoms with van der Waals surface area (Å²) in [6.07, 6.45) is 4.71. The molecular weight excluding hydrogens is 512 g/mol. The molecule has 0 radical (unpaired) electrons. The average Bonchev–Trinajstić information content (AvgIpc) is 3.43. The van der Waals surface area contributed by atoms with Gasteiger partial charge in [0.05, 0.1) is 17.4 Å². The fourth-order valence-corrected chi connectivity index (χ4v) is 4.53. The van der Waals surface area contributed by atoms with E-state index in [1.165, 1.54) is 0 Å². The van der Waals surface area contributed by atoms with Gasteiger partial charge in [-0.25, -0.2) is 19.5 Å². The predicted molar refractivity (Wildman–Crippen MR) is 136 cm³/mol. The van der Waals surface area contributed by atoms with Gasteiger partial charge in [-0.1, -0.05) is 6.07 Å². The van der Waals surface area contributed by atoms with Crippen LogP contribution in [0.3, 0.4) is 0 Å². The molecule has 9 heteroatoms. The molecule has 2 aliphatic carbocycles. The summed E-state index contributed by atoms with van der Waals surface area (Å²) in [4.78, 5) is 31.3. The minimum atomic E-state index is -0.704. The highest BCUT2D eigenvalue weighted by Gasteiger charge is 2.39. The summed E-state index contributed by atoms with van der Waals surface area (Å²) in [6, 6.07) is 6.14. The van der Waals surface area contributed by atoms with Crippen molar-refractivity contribution in [3.8, 4) is 11.3 Å². The SMILES string of the molecule is CC(C)(C)OC(=O)N(CC1CC(n2cc(-c3cccc(Br)n3)c(C3CC3)n2)C1)C(=O)OC(C)(C)C. The molecule has 8 nitrogen and oxygen atoms in total. The minimum Gasteiger partial charge on any atom is -0.443 e. The van der Waals surface area contributed by atoms with Gasteiger partial charge in [0.25, 0.3) is 0 Å². The third-order valence-electron chi connectivity index (χ3n) is 5.97. The monoisotopic (exact) mass is 546 g/mol. The maximum Gasteiger partial charge on any atom is 0.419 e. The highest BCUT2D eigenvalue weighted by Crippen LogP contribution is 2.45. The first-order chi connectivity index (χ1) is 16.3. The van der Waals surface area contributed by atoms with Crippen LogP contribution in [0.15, 0.2) is 29.0 Å². The van der Waals surface area contributed by atoms with Crippen molar-refractivity contribution in [2.75, 3.05) is 6.54 Å². The van der Waals surface area contributed by atoms with Crippen molar-refractivity contribution in [1.82, 2.24) is 19.7 Å². The molecular formula is C26H35BrN4O4.